The molecule has 11 heteroatoms. The molecule has 0 radical (unpaired) electrons. The lowest BCUT2D eigenvalue weighted by atomic mass is 9.85. The molecule has 1 amide bonds. The molecule has 3 aromatic carbocycles. The van der Waals surface area contributed by atoms with Gasteiger partial charge in [0.1, 0.15) is 16.7 Å². The Hall–Kier alpha value is -3.90. The lowest BCUT2D eigenvalue weighted by Gasteiger charge is -2.42. The minimum absolute atomic E-state index is 0.00948. The summed E-state index contributed by atoms with van der Waals surface area (Å²) in [4.78, 5) is 36.7. The van der Waals surface area contributed by atoms with Crippen LogP contribution >= 0.6 is 10.8 Å². The SMILES string of the molecule is CCNC(=O)c1ccc(C(CC(=O)O)c2ccc(C)c(CN3CC(C)Oc4ccccc4S3(O)O)c2)cc1C(=O)O. The van der Waals surface area contributed by atoms with Gasteiger partial charge in [-0.1, -0.05) is 36.4 Å². The maximum atomic E-state index is 12.4. The Balaban J connectivity index is 1.74. The maximum absolute atomic E-state index is 12.4. The van der Waals surface area contributed by atoms with Crippen molar-refractivity contribution in [2.45, 2.75) is 50.7 Å². The largest absolute Gasteiger partial charge is 0.487 e. The van der Waals surface area contributed by atoms with Crippen LogP contribution in [0.15, 0.2) is 65.6 Å². The Morgan fingerprint density at radius 2 is 1.71 bits per heavy atom. The maximum Gasteiger partial charge on any atom is 0.336 e. The van der Waals surface area contributed by atoms with Crippen molar-refractivity contribution in [2.75, 3.05) is 13.1 Å². The van der Waals surface area contributed by atoms with Gasteiger partial charge in [-0.05, 0) is 67.3 Å². The van der Waals surface area contributed by atoms with E-state index in [1.165, 1.54) is 12.1 Å². The topological polar surface area (TPSA) is 157 Å². The zero-order chi connectivity index (χ0) is 29.9. The number of hydrogen-bond donors (Lipinski definition) is 5. The van der Waals surface area contributed by atoms with E-state index in [-0.39, 0.29) is 36.7 Å². The lowest BCUT2D eigenvalue weighted by Crippen LogP contribution is -2.33. The van der Waals surface area contributed by atoms with Crippen LogP contribution in [-0.4, -0.2) is 60.7 Å². The van der Waals surface area contributed by atoms with Crippen LogP contribution in [0.4, 0.5) is 0 Å². The number of carboxylic acids is 2. The van der Waals surface area contributed by atoms with Crippen LogP contribution < -0.4 is 10.1 Å². The first-order valence-electron chi connectivity index (χ1n) is 13.2. The number of rotatable bonds is 9. The van der Waals surface area contributed by atoms with Crippen molar-refractivity contribution >= 4 is 28.6 Å². The fourth-order valence-corrected chi connectivity index (χ4v) is 6.66. The number of carbonyl (C=O) groups excluding carboxylic acids is 1. The Morgan fingerprint density at radius 1 is 1.02 bits per heavy atom. The van der Waals surface area contributed by atoms with Gasteiger partial charge in [-0.3, -0.25) is 18.7 Å². The smallest absolute Gasteiger partial charge is 0.336 e. The van der Waals surface area contributed by atoms with E-state index in [0.29, 0.717) is 28.3 Å². The number of para-hydroxylation sites is 1. The normalized spacial score (nSPS) is 17.8. The number of fused-ring (bicyclic) bond motifs is 1. The van der Waals surface area contributed by atoms with Gasteiger partial charge in [0.25, 0.3) is 5.91 Å². The molecule has 0 saturated carbocycles. The number of ether oxygens (including phenoxy) is 1. The van der Waals surface area contributed by atoms with Crippen molar-refractivity contribution < 1.29 is 38.4 Å². The van der Waals surface area contributed by atoms with Gasteiger partial charge in [0.05, 0.1) is 24.1 Å². The van der Waals surface area contributed by atoms with Crippen molar-refractivity contribution in [3.8, 4) is 5.75 Å². The zero-order valence-corrected chi connectivity index (χ0v) is 23.9. The average molecular weight is 583 g/mol. The minimum Gasteiger partial charge on any atom is -0.487 e. The number of nitrogens with zero attached hydrogens (tertiary/aromatic N) is 1. The lowest BCUT2D eigenvalue weighted by molar-refractivity contribution is -0.137. The monoisotopic (exact) mass is 582 g/mol. The molecule has 5 N–H and O–H groups in total. The number of nitrogens with one attached hydrogen (secondary N) is 1. The van der Waals surface area contributed by atoms with E-state index < -0.39 is 34.5 Å². The number of carbonyl (C=O) groups is 3. The number of hydrogen-bond acceptors (Lipinski definition) is 7. The molecule has 0 saturated heterocycles. The molecular weight excluding hydrogens is 548 g/mol. The minimum atomic E-state index is -3.39. The van der Waals surface area contributed by atoms with Crippen molar-refractivity contribution in [1.82, 2.24) is 9.62 Å². The fraction of sp³-hybridized carbons (Fsp3) is 0.300. The number of carboxylic acid groups (broad SMARTS) is 2. The number of amides is 1. The molecule has 218 valence electrons. The second-order valence-electron chi connectivity index (χ2n) is 10.0. The molecular formula is C30H34N2O8S. The van der Waals surface area contributed by atoms with E-state index in [1.54, 1.807) is 47.6 Å². The Labute approximate surface area is 240 Å². The summed E-state index contributed by atoms with van der Waals surface area (Å²) in [5.41, 5.74) is 2.43. The predicted molar refractivity (Wildman–Crippen MR) is 155 cm³/mol. The van der Waals surface area contributed by atoms with Crippen molar-refractivity contribution in [1.29, 1.82) is 0 Å². The summed E-state index contributed by atoms with van der Waals surface area (Å²) in [6, 6.07) is 16.6. The third-order valence-electron chi connectivity index (χ3n) is 7.05. The highest BCUT2D eigenvalue weighted by Gasteiger charge is 2.34. The summed E-state index contributed by atoms with van der Waals surface area (Å²) in [5.74, 6) is -3.21. The highest BCUT2D eigenvalue weighted by molar-refractivity contribution is 8.22. The van der Waals surface area contributed by atoms with Crippen LogP contribution in [0.5, 0.6) is 5.75 Å². The van der Waals surface area contributed by atoms with E-state index in [1.807, 2.05) is 26.0 Å². The Morgan fingerprint density at radius 3 is 2.39 bits per heavy atom. The third kappa shape index (κ3) is 6.54. The van der Waals surface area contributed by atoms with Crippen molar-refractivity contribution in [2.24, 2.45) is 0 Å². The molecule has 41 heavy (non-hydrogen) atoms. The van der Waals surface area contributed by atoms with E-state index in [0.717, 1.165) is 11.1 Å². The first kappa shape index (κ1) is 30.1. The van der Waals surface area contributed by atoms with Gasteiger partial charge < -0.3 is 20.3 Å². The summed E-state index contributed by atoms with van der Waals surface area (Å²) in [6.07, 6.45) is -0.648. The summed E-state index contributed by atoms with van der Waals surface area (Å²) in [6.45, 7) is 6.17. The van der Waals surface area contributed by atoms with Crippen LogP contribution in [0.1, 0.15) is 69.2 Å². The molecule has 2 unspecified atom stereocenters. The zero-order valence-electron chi connectivity index (χ0n) is 23.0. The molecule has 0 aromatic heterocycles. The predicted octanol–water partition coefficient (Wildman–Crippen LogP) is 5.36. The molecule has 10 nitrogen and oxygen atoms in total. The van der Waals surface area contributed by atoms with Crippen molar-refractivity contribution in [3.63, 3.8) is 0 Å². The highest BCUT2D eigenvalue weighted by Crippen LogP contribution is 2.57. The Bertz CT molecular complexity index is 1470. The standard InChI is InChI=1S/C30H34N2O8S/c1-4-31-29(35)23-12-11-21(14-25(23)30(36)37)24(15-28(33)34)20-10-9-18(2)22(13-20)17-32-16-19(3)40-26-7-5-6-8-27(26)41(32,38)39/h5-14,19,24,38-39H,4,15-17H2,1-3H3,(H,31,35)(H,33,34)(H,36,37). The average Bonchev–Trinajstić information content (AvgIpc) is 3.01. The van der Waals surface area contributed by atoms with E-state index in [2.05, 4.69) is 5.32 Å². The van der Waals surface area contributed by atoms with E-state index in [4.69, 9.17) is 4.74 Å². The summed E-state index contributed by atoms with van der Waals surface area (Å²) in [5, 5.41) is 22.1. The summed E-state index contributed by atoms with van der Waals surface area (Å²) < 4.78 is 30.2. The van der Waals surface area contributed by atoms with Gasteiger partial charge in [0.2, 0.25) is 0 Å². The molecule has 1 aliphatic heterocycles. The molecule has 3 aromatic rings. The number of aromatic carboxylic acids is 1. The van der Waals surface area contributed by atoms with E-state index in [9.17, 15) is 33.7 Å². The molecule has 1 heterocycles. The molecule has 1 aliphatic rings. The molecule has 4 rings (SSSR count). The quantitative estimate of drug-likeness (QED) is 0.224. The number of benzene rings is 3. The second-order valence-corrected chi connectivity index (χ2v) is 12.0. The molecule has 2 atom stereocenters. The fourth-order valence-electron chi connectivity index (χ4n) is 4.99. The molecule has 0 bridgehead atoms. The molecule has 0 aliphatic carbocycles. The van der Waals surface area contributed by atoms with Crippen LogP contribution in [0.2, 0.25) is 0 Å². The van der Waals surface area contributed by atoms with Crippen LogP contribution in [0.25, 0.3) is 0 Å². The number of aryl methyl sites for hydroxylation is 1. The molecule has 0 fully saturated rings. The van der Waals surface area contributed by atoms with E-state index >= 15 is 0 Å². The van der Waals surface area contributed by atoms with Crippen molar-refractivity contribution in [3.05, 3.63) is 94.0 Å². The molecule has 0 spiro atoms. The first-order chi connectivity index (χ1) is 19.4. The summed E-state index contributed by atoms with van der Waals surface area (Å²) in [7, 11) is -3.39. The highest BCUT2D eigenvalue weighted by atomic mass is 32.3. The second kappa shape index (κ2) is 12.3. The number of aliphatic carboxylic acids is 1. The summed E-state index contributed by atoms with van der Waals surface area (Å²) >= 11 is 0. The van der Waals surface area contributed by atoms with Gasteiger partial charge >= 0.3 is 11.9 Å². The third-order valence-corrected chi connectivity index (χ3v) is 8.98. The van der Waals surface area contributed by atoms with Crippen LogP contribution in [0, 0.1) is 6.92 Å². The van der Waals surface area contributed by atoms with Crippen LogP contribution in [0.3, 0.4) is 0 Å². The van der Waals surface area contributed by atoms with Gasteiger partial charge in [-0.2, -0.15) is 4.31 Å². The van der Waals surface area contributed by atoms with Gasteiger partial charge in [-0.25, -0.2) is 4.79 Å². The first-order valence-corrected chi connectivity index (χ1v) is 14.7. The van der Waals surface area contributed by atoms with Gasteiger partial charge in [-0.15, -0.1) is 10.8 Å². The Kier molecular flexibility index (Phi) is 9.03. The van der Waals surface area contributed by atoms with Gasteiger partial charge in [0, 0.05) is 19.0 Å². The van der Waals surface area contributed by atoms with Crippen LogP contribution in [-0.2, 0) is 11.3 Å². The van der Waals surface area contributed by atoms with Gasteiger partial charge in [0.15, 0.2) is 0 Å².